The molecule has 2 unspecified atom stereocenters. The molecule has 1 amide bonds. The van der Waals surface area contributed by atoms with Gasteiger partial charge in [-0.05, 0) is 31.9 Å². The summed E-state index contributed by atoms with van der Waals surface area (Å²) in [5.41, 5.74) is 4.05. The maximum atomic E-state index is 13.7. The summed E-state index contributed by atoms with van der Waals surface area (Å²) >= 11 is 2.46. The molecule has 6 N–H and O–H groups in total. The lowest BCUT2D eigenvalue weighted by Crippen LogP contribution is -2.64. The maximum Gasteiger partial charge on any atom is 0.352 e. The molecule has 3 fully saturated rings. The number of aromatic nitrogens is 3. The Morgan fingerprint density at radius 1 is 1.11 bits per heavy atom. The fraction of sp³-hybridized carbons (Fsp3) is 0.486. The van der Waals surface area contributed by atoms with Crippen LogP contribution in [0.1, 0.15) is 51.6 Å². The van der Waals surface area contributed by atoms with Crippen LogP contribution in [0.2, 0.25) is 0 Å². The molecule has 3 saturated heterocycles. The number of ketones is 1. The molecule has 0 aliphatic carbocycles. The average Bonchev–Trinajstić information content (AvgIpc) is 3.57. The van der Waals surface area contributed by atoms with E-state index < -0.39 is 40.5 Å². The van der Waals surface area contributed by atoms with Gasteiger partial charge in [0, 0.05) is 60.7 Å². The van der Waals surface area contributed by atoms with Gasteiger partial charge in [0.2, 0.25) is 11.5 Å². The lowest BCUT2D eigenvalue weighted by molar-refractivity contribution is -0.945. The highest BCUT2D eigenvalue weighted by Crippen LogP contribution is 2.49. The number of nitrogens with zero attached hydrogens (tertiary/aromatic N) is 6. The Hall–Kier alpha value is -5.01. The number of amides is 1. The number of oxime groups is 1. The number of phenolic OH excluding ortho intramolecular Hbond substituents is 2. The van der Waals surface area contributed by atoms with Gasteiger partial charge in [0.25, 0.3) is 5.56 Å². The smallest absolute Gasteiger partial charge is 0.352 e. The van der Waals surface area contributed by atoms with E-state index in [2.05, 4.69) is 22.3 Å². The Morgan fingerprint density at radius 2 is 1.80 bits per heavy atom. The fourth-order valence-electron chi connectivity index (χ4n) is 8.33. The monoisotopic (exact) mass is 782 g/mol. The van der Waals surface area contributed by atoms with Crippen LogP contribution < -0.4 is 11.3 Å². The van der Waals surface area contributed by atoms with Crippen LogP contribution in [0.4, 0.5) is 5.13 Å². The zero-order valence-electron chi connectivity index (χ0n) is 29.7. The second kappa shape index (κ2) is 13.7. The van der Waals surface area contributed by atoms with Gasteiger partial charge in [0.15, 0.2) is 28.1 Å². The van der Waals surface area contributed by atoms with Gasteiger partial charge in [-0.2, -0.15) is 5.10 Å². The first-order valence-electron chi connectivity index (χ1n) is 17.4. The lowest BCUT2D eigenvalue weighted by Gasteiger charge is -2.52. The molecular weight excluding hydrogens is 743 g/mol. The van der Waals surface area contributed by atoms with Crippen molar-refractivity contribution in [3.8, 4) is 11.5 Å². The number of aliphatic carboxylic acids is 2. The second-order valence-electron chi connectivity index (χ2n) is 15.1. The summed E-state index contributed by atoms with van der Waals surface area (Å²) < 4.78 is 2.03. The molecule has 0 spiro atoms. The van der Waals surface area contributed by atoms with Crippen LogP contribution in [0.15, 0.2) is 44.9 Å². The lowest BCUT2D eigenvalue weighted by atomic mass is 9.87. The van der Waals surface area contributed by atoms with E-state index >= 15 is 0 Å². The number of nitrogen functional groups attached to an aromatic ring is 1. The Balaban J connectivity index is 1.06. The van der Waals surface area contributed by atoms with Gasteiger partial charge in [0.1, 0.15) is 17.9 Å². The number of carboxylic acids is 2. The summed E-state index contributed by atoms with van der Waals surface area (Å²) in [6, 6.07) is 2.94. The standard InChI is InChI=1S/C35H39N7O10S2/c1-35(2,33(50)51)52-39-27(23-15-54-34(36)38-23)26(45)10-22-30(47)41-28(32(48)49)18(14-53-31(22)41)13-42(3)19-4-5-20(42)7-16(6-19)12-40-29(46)21-9-25(44)24(43)8-17(21)11-37-40/h8-9,11,15-16,19-20,22,31H,4-7,10,12-14H2,1-3H3,(H5-,36,37,38,39,43,44,45,46,48,49,50,51)/p+1/t16?,19-,20+,22-,31-,42?/m1/s1. The first-order chi connectivity index (χ1) is 25.5. The summed E-state index contributed by atoms with van der Waals surface area (Å²) in [5.74, 6) is -4.69. The first-order valence-corrected chi connectivity index (χ1v) is 19.3. The third-order valence-electron chi connectivity index (χ3n) is 11.3. The van der Waals surface area contributed by atoms with Crippen LogP contribution >= 0.6 is 23.1 Å². The number of carboxylic acid groups (broad SMARTS) is 2. The number of Topliss-reactive ketones (excluding diaryl/α,β-unsaturated/α-hetero) is 1. The van der Waals surface area contributed by atoms with Crippen molar-refractivity contribution in [3.63, 3.8) is 0 Å². The SMILES string of the molecule is CC(C)(O/N=C(\C(=O)C[C@@H]1C(=O)N2C(C(=O)O)=C(C[N+]3(C)[C@@H]4CC[C@H]3CC(Cn3ncc5cc(O)c(O)cc5c3=O)C4)CS[C@H]12)c1csc(N)n1)C(=O)O. The number of benzene rings is 1. The van der Waals surface area contributed by atoms with Crippen LogP contribution in [0.25, 0.3) is 10.8 Å². The Kier molecular flexibility index (Phi) is 9.46. The number of rotatable bonds is 12. The minimum Gasteiger partial charge on any atom is -0.504 e. The summed E-state index contributed by atoms with van der Waals surface area (Å²) in [4.78, 5) is 75.4. The first kappa shape index (κ1) is 37.3. The van der Waals surface area contributed by atoms with Crippen molar-refractivity contribution >= 4 is 68.3 Å². The number of aromatic hydroxyl groups is 2. The Labute approximate surface area is 316 Å². The van der Waals surface area contributed by atoms with Crippen molar-refractivity contribution in [2.45, 2.75) is 75.6 Å². The van der Waals surface area contributed by atoms with Crippen molar-refractivity contribution in [2.24, 2.45) is 17.0 Å². The van der Waals surface area contributed by atoms with Crippen molar-refractivity contribution < 1.29 is 48.9 Å². The molecule has 7 rings (SSSR count). The van der Waals surface area contributed by atoms with Gasteiger partial charge in [-0.15, -0.1) is 23.1 Å². The third-order valence-corrected chi connectivity index (χ3v) is 13.4. The van der Waals surface area contributed by atoms with Gasteiger partial charge in [-0.1, -0.05) is 5.16 Å². The number of hydrogen-bond acceptors (Lipinski definition) is 14. The summed E-state index contributed by atoms with van der Waals surface area (Å²) in [7, 11) is 2.14. The highest BCUT2D eigenvalue weighted by Gasteiger charge is 2.57. The number of quaternary nitrogens is 1. The molecule has 286 valence electrons. The van der Waals surface area contributed by atoms with E-state index in [9.17, 15) is 44.4 Å². The molecule has 4 aliphatic rings. The number of nitrogens with two attached hydrogens (primary N) is 1. The van der Waals surface area contributed by atoms with Gasteiger partial charge >= 0.3 is 11.9 Å². The molecule has 6 heterocycles. The second-order valence-corrected chi connectivity index (χ2v) is 17.1. The number of phenols is 2. The van der Waals surface area contributed by atoms with Crippen LogP contribution in [0.5, 0.6) is 11.5 Å². The minimum atomic E-state index is -1.76. The number of fused-ring (bicyclic) bond motifs is 4. The van der Waals surface area contributed by atoms with Crippen molar-refractivity contribution in [3.05, 3.63) is 51.0 Å². The molecule has 3 aromatic rings. The van der Waals surface area contributed by atoms with E-state index in [1.54, 1.807) is 0 Å². The minimum absolute atomic E-state index is 0.0535. The van der Waals surface area contributed by atoms with Gasteiger partial charge in [-0.3, -0.25) is 19.3 Å². The topological polar surface area (TPSA) is 248 Å². The molecule has 1 aromatic carbocycles. The van der Waals surface area contributed by atoms with Crippen molar-refractivity contribution in [1.82, 2.24) is 19.7 Å². The number of carbonyl (C=O) groups is 4. The molecule has 19 heteroatoms. The van der Waals surface area contributed by atoms with E-state index in [1.165, 1.54) is 58.9 Å². The zero-order valence-corrected chi connectivity index (χ0v) is 31.3. The van der Waals surface area contributed by atoms with Crippen LogP contribution in [-0.2, 0) is 30.6 Å². The molecule has 0 saturated carbocycles. The number of thiazole rings is 1. The molecule has 17 nitrogen and oxygen atoms in total. The molecule has 4 aliphatic heterocycles. The number of piperidine rings is 1. The molecule has 2 bridgehead atoms. The van der Waals surface area contributed by atoms with Gasteiger partial charge in [0.05, 0.1) is 42.0 Å². The number of likely N-dealkylation sites (N-methyl/N-ethyl adjacent to an activating group) is 1. The quantitative estimate of drug-likeness (QED) is 0.0582. The number of hydrogen-bond donors (Lipinski definition) is 5. The van der Waals surface area contributed by atoms with Crippen LogP contribution in [0, 0.1) is 11.8 Å². The summed E-state index contributed by atoms with van der Waals surface area (Å²) in [6.07, 6.45) is 4.64. The van der Waals surface area contributed by atoms with E-state index in [0.29, 0.717) is 34.3 Å². The van der Waals surface area contributed by atoms with Crippen molar-refractivity contribution in [1.29, 1.82) is 0 Å². The number of anilines is 1. The van der Waals surface area contributed by atoms with Crippen molar-refractivity contribution in [2.75, 3.05) is 25.1 Å². The fourth-order valence-corrected chi connectivity index (χ4v) is 10.3. The van der Waals surface area contributed by atoms with Crippen LogP contribution in [-0.4, -0.2) is 116 Å². The maximum absolute atomic E-state index is 13.7. The molecule has 2 aromatic heterocycles. The summed E-state index contributed by atoms with van der Waals surface area (Å²) in [5, 5.41) is 49.6. The largest absolute Gasteiger partial charge is 0.504 e. The average molecular weight is 783 g/mol. The van der Waals surface area contributed by atoms with E-state index in [0.717, 1.165) is 37.0 Å². The van der Waals surface area contributed by atoms with E-state index in [-0.39, 0.29) is 69.1 Å². The summed E-state index contributed by atoms with van der Waals surface area (Å²) in [6.45, 7) is 3.36. The predicted molar refractivity (Wildman–Crippen MR) is 197 cm³/mol. The highest BCUT2D eigenvalue weighted by molar-refractivity contribution is 8.00. The predicted octanol–water partition coefficient (Wildman–Crippen LogP) is 2.35. The van der Waals surface area contributed by atoms with Gasteiger partial charge < -0.3 is 35.5 Å². The molecule has 0 radical (unpaired) electrons. The highest BCUT2D eigenvalue weighted by atomic mass is 32.2. The number of carbonyl (C=O) groups excluding carboxylic acids is 2. The normalized spacial score (nSPS) is 26.8. The number of thioether (sulfide) groups is 1. The Bertz CT molecular complexity index is 2200. The zero-order chi connectivity index (χ0) is 38.9. The molecular formula is C35H40N7O10S2+. The van der Waals surface area contributed by atoms with E-state index in [1.807, 2.05) is 0 Å². The van der Waals surface area contributed by atoms with Crippen LogP contribution in [0.3, 0.4) is 0 Å². The van der Waals surface area contributed by atoms with Gasteiger partial charge in [-0.25, -0.2) is 19.3 Å². The molecule has 6 atom stereocenters. The Morgan fingerprint density at radius 3 is 2.43 bits per heavy atom. The van der Waals surface area contributed by atoms with E-state index in [4.69, 9.17) is 10.6 Å². The third kappa shape index (κ3) is 6.46. The number of β-lactam (4-membered cyclic amide) rings is 1. The molecule has 54 heavy (non-hydrogen) atoms.